The van der Waals surface area contributed by atoms with Gasteiger partial charge in [0, 0.05) is 17.1 Å². The van der Waals surface area contributed by atoms with E-state index in [1.165, 1.54) is 0 Å². The van der Waals surface area contributed by atoms with Crippen molar-refractivity contribution in [2.24, 2.45) is 0 Å². The van der Waals surface area contributed by atoms with Crippen LogP contribution in [0.1, 0.15) is 5.56 Å². The van der Waals surface area contributed by atoms with Crippen LogP contribution in [0.25, 0.3) is 49.5 Å². The Morgan fingerprint density at radius 2 is 1.73 bits per heavy atom. The van der Waals surface area contributed by atoms with Gasteiger partial charge < -0.3 is 4.42 Å². The van der Waals surface area contributed by atoms with E-state index >= 15 is 0 Å². The lowest BCUT2D eigenvalue weighted by Crippen LogP contribution is -2.05. The number of rotatable bonds is 1. The van der Waals surface area contributed by atoms with Crippen molar-refractivity contribution in [3.8, 4) is 17.2 Å². The molecule has 6 rings (SSSR count). The topological polar surface area (TPSA) is 71.3 Å². The molecular formula is C25H13N3O2. The number of benzene rings is 3. The predicted molar refractivity (Wildman–Crippen MR) is 116 cm³/mol. The largest absolute Gasteiger partial charge is 0.422 e. The van der Waals surface area contributed by atoms with Crippen molar-refractivity contribution < 1.29 is 4.42 Å². The molecule has 0 saturated carbocycles. The summed E-state index contributed by atoms with van der Waals surface area (Å²) in [6.07, 6.45) is 1.84. The van der Waals surface area contributed by atoms with Crippen molar-refractivity contribution in [3.05, 3.63) is 95.0 Å². The molecule has 0 aliphatic rings. The monoisotopic (exact) mass is 387 g/mol. The van der Waals surface area contributed by atoms with Gasteiger partial charge in [0.05, 0.1) is 16.6 Å². The molecule has 0 unspecified atom stereocenters. The van der Waals surface area contributed by atoms with Crippen molar-refractivity contribution in [2.45, 2.75) is 0 Å². The van der Waals surface area contributed by atoms with Crippen LogP contribution >= 0.6 is 0 Å². The molecule has 5 nitrogen and oxygen atoms in total. The molecular weight excluding hydrogens is 374 g/mol. The minimum absolute atomic E-state index is 0.348. The Kier molecular flexibility index (Phi) is 3.32. The molecule has 0 aliphatic heterocycles. The summed E-state index contributed by atoms with van der Waals surface area (Å²) in [5.74, 6) is 0. The molecule has 3 aromatic heterocycles. The van der Waals surface area contributed by atoms with E-state index in [-0.39, 0.29) is 0 Å². The standard InChI is InChI=1S/C25H13N3O2/c26-14-20-17(11-12-28-22-8-4-3-7-21(22)27-24(20)28)19-13-18-16-6-2-1-5-15(16)9-10-23(18)30-25(19)29/h1-13H. The molecule has 0 atom stereocenters. The Morgan fingerprint density at radius 1 is 0.900 bits per heavy atom. The van der Waals surface area contributed by atoms with E-state index in [4.69, 9.17) is 4.42 Å². The first-order valence-electron chi connectivity index (χ1n) is 9.50. The van der Waals surface area contributed by atoms with Gasteiger partial charge in [-0.2, -0.15) is 5.26 Å². The average molecular weight is 387 g/mol. The highest BCUT2D eigenvalue weighted by Crippen LogP contribution is 2.31. The van der Waals surface area contributed by atoms with Gasteiger partial charge in [-0.25, -0.2) is 9.78 Å². The molecule has 3 aromatic carbocycles. The highest BCUT2D eigenvalue weighted by molar-refractivity contribution is 6.06. The van der Waals surface area contributed by atoms with Crippen LogP contribution < -0.4 is 5.63 Å². The summed E-state index contributed by atoms with van der Waals surface area (Å²) in [6.45, 7) is 0. The number of nitriles is 1. The molecule has 0 radical (unpaired) electrons. The number of para-hydroxylation sites is 2. The number of imidazole rings is 1. The molecule has 0 aliphatic carbocycles. The Morgan fingerprint density at radius 3 is 2.63 bits per heavy atom. The third kappa shape index (κ3) is 2.22. The second-order valence-corrected chi connectivity index (χ2v) is 7.16. The van der Waals surface area contributed by atoms with Crippen molar-refractivity contribution in [3.63, 3.8) is 0 Å². The van der Waals surface area contributed by atoms with Crippen molar-refractivity contribution >= 4 is 38.4 Å². The first-order valence-corrected chi connectivity index (χ1v) is 9.50. The summed E-state index contributed by atoms with van der Waals surface area (Å²) in [6, 6.07) is 25.2. The molecule has 0 spiro atoms. The lowest BCUT2D eigenvalue weighted by atomic mass is 10.00. The van der Waals surface area contributed by atoms with E-state index in [0.717, 1.165) is 27.2 Å². The van der Waals surface area contributed by atoms with Crippen LogP contribution in [0.5, 0.6) is 0 Å². The van der Waals surface area contributed by atoms with E-state index in [9.17, 15) is 10.1 Å². The molecule has 0 bridgehead atoms. The maximum atomic E-state index is 12.8. The van der Waals surface area contributed by atoms with Crippen molar-refractivity contribution in [2.75, 3.05) is 0 Å². The van der Waals surface area contributed by atoms with Crippen LogP contribution in [0.2, 0.25) is 0 Å². The van der Waals surface area contributed by atoms with Gasteiger partial charge in [-0.3, -0.25) is 4.40 Å². The van der Waals surface area contributed by atoms with Crippen molar-refractivity contribution in [1.29, 1.82) is 5.26 Å². The SMILES string of the molecule is N#Cc1c(-c2cc3c(ccc4ccccc43)oc2=O)ccn2c1nc1ccccc12. The number of fused-ring (bicyclic) bond motifs is 6. The average Bonchev–Trinajstić information content (AvgIpc) is 3.16. The smallest absolute Gasteiger partial charge is 0.344 e. The fourth-order valence-corrected chi connectivity index (χ4v) is 4.12. The van der Waals surface area contributed by atoms with Crippen LogP contribution in [-0.2, 0) is 0 Å². The van der Waals surface area contributed by atoms with Gasteiger partial charge in [-0.15, -0.1) is 0 Å². The molecule has 140 valence electrons. The summed E-state index contributed by atoms with van der Waals surface area (Å²) < 4.78 is 7.50. The summed E-state index contributed by atoms with van der Waals surface area (Å²) in [5, 5.41) is 12.8. The van der Waals surface area contributed by atoms with Crippen LogP contribution in [-0.4, -0.2) is 9.38 Å². The highest BCUT2D eigenvalue weighted by Gasteiger charge is 2.18. The zero-order valence-electron chi connectivity index (χ0n) is 15.7. The van der Waals surface area contributed by atoms with Crippen LogP contribution in [0, 0.1) is 11.3 Å². The molecule has 5 heteroatoms. The van der Waals surface area contributed by atoms with E-state index in [1.807, 2.05) is 71.3 Å². The zero-order chi connectivity index (χ0) is 20.2. The van der Waals surface area contributed by atoms with Crippen LogP contribution in [0.4, 0.5) is 0 Å². The number of aromatic nitrogens is 2. The van der Waals surface area contributed by atoms with Gasteiger partial charge in [0.1, 0.15) is 17.2 Å². The van der Waals surface area contributed by atoms with E-state index in [2.05, 4.69) is 11.1 Å². The fraction of sp³-hybridized carbons (Fsp3) is 0. The number of pyridine rings is 1. The van der Waals surface area contributed by atoms with Gasteiger partial charge >= 0.3 is 5.63 Å². The second kappa shape index (κ2) is 6.03. The molecule has 0 fully saturated rings. The van der Waals surface area contributed by atoms with Crippen molar-refractivity contribution in [1.82, 2.24) is 9.38 Å². The van der Waals surface area contributed by atoms with E-state index < -0.39 is 5.63 Å². The third-order valence-electron chi connectivity index (χ3n) is 5.52. The maximum absolute atomic E-state index is 12.8. The maximum Gasteiger partial charge on any atom is 0.344 e. The Labute approximate surface area is 170 Å². The molecule has 3 heterocycles. The van der Waals surface area contributed by atoms with E-state index in [1.54, 1.807) is 12.1 Å². The summed E-state index contributed by atoms with van der Waals surface area (Å²) >= 11 is 0. The Hall–Kier alpha value is -4.43. The predicted octanol–water partition coefficient (Wildman–Crippen LogP) is 5.29. The Balaban J connectivity index is 1.72. The minimum Gasteiger partial charge on any atom is -0.422 e. The number of hydrogen-bond donors (Lipinski definition) is 0. The van der Waals surface area contributed by atoms with Gasteiger partial charge in [0.25, 0.3) is 0 Å². The third-order valence-corrected chi connectivity index (χ3v) is 5.52. The first kappa shape index (κ1) is 16.5. The number of hydrogen-bond acceptors (Lipinski definition) is 4. The van der Waals surface area contributed by atoms with Crippen LogP contribution in [0.15, 0.2) is 88.2 Å². The number of nitrogens with zero attached hydrogens (tertiary/aromatic N) is 3. The molecule has 30 heavy (non-hydrogen) atoms. The second-order valence-electron chi connectivity index (χ2n) is 7.16. The Bertz CT molecular complexity index is 1740. The molecule has 0 saturated heterocycles. The van der Waals surface area contributed by atoms with E-state index in [0.29, 0.717) is 27.9 Å². The highest BCUT2D eigenvalue weighted by atomic mass is 16.4. The fourth-order valence-electron chi connectivity index (χ4n) is 4.12. The lowest BCUT2D eigenvalue weighted by Gasteiger charge is -2.08. The normalized spacial score (nSPS) is 11.4. The van der Waals surface area contributed by atoms with Gasteiger partial charge in [-0.05, 0) is 41.1 Å². The summed E-state index contributed by atoms with van der Waals surface area (Å²) in [4.78, 5) is 17.5. The summed E-state index contributed by atoms with van der Waals surface area (Å²) in [5.41, 5.74) is 3.49. The molecule has 0 N–H and O–H groups in total. The summed E-state index contributed by atoms with van der Waals surface area (Å²) in [7, 11) is 0. The van der Waals surface area contributed by atoms with Gasteiger partial charge in [0.15, 0.2) is 5.65 Å². The zero-order valence-corrected chi connectivity index (χ0v) is 15.7. The minimum atomic E-state index is -0.477. The quantitative estimate of drug-likeness (QED) is 0.284. The van der Waals surface area contributed by atoms with Gasteiger partial charge in [-0.1, -0.05) is 42.5 Å². The molecule has 0 amide bonds. The first-order chi connectivity index (χ1) is 14.7. The van der Waals surface area contributed by atoms with Gasteiger partial charge in [0.2, 0.25) is 0 Å². The van der Waals surface area contributed by atoms with Crippen LogP contribution in [0.3, 0.4) is 0 Å². The molecule has 6 aromatic rings. The lowest BCUT2D eigenvalue weighted by molar-refractivity contribution is 0.564.